The van der Waals surface area contributed by atoms with Crippen molar-refractivity contribution in [2.45, 2.75) is 45.6 Å². The standard InChI is InChI=1S/C22H29FN6O.C2H4O2/c1-15-11-18(21(24)28-29(25)14-17-5-3-2-4-6-17)12-20(27-15)22(30)26-13-16-7-9-19(23)10-8-16;1-4-2-3/h7-12,17H,2-6,13-14,25H2,1H3,(H2,24,28)(H,26,30);2H,1H3. The summed E-state index contributed by atoms with van der Waals surface area (Å²) in [5.74, 6) is 6.16. The Morgan fingerprint density at radius 3 is 2.53 bits per heavy atom. The van der Waals surface area contributed by atoms with Crippen LogP contribution in [0.15, 0.2) is 41.5 Å². The molecule has 1 aliphatic carbocycles. The number of methoxy groups -OCH3 is 1. The fourth-order valence-electron chi connectivity index (χ4n) is 3.68. The highest BCUT2D eigenvalue weighted by molar-refractivity contribution is 6.00. The van der Waals surface area contributed by atoms with Gasteiger partial charge in [0.05, 0.1) is 13.7 Å². The monoisotopic (exact) mass is 472 g/mol. The highest BCUT2D eigenvalue weighted by Gasteiger charge is 2.16. The number of halogens is 1. The lowest BCUT2D eigenvalue weighted by Crippen LogP contribution is -2.34. The average molecular weight is 473 g/mol. The van der Waals surface area contributed by atoms with Crippen molar-refractivity contribution in [2.75, 3.05) is 13.7 Å². The first-order valence-corrected chi connectivity index (χ1v) is 11.2. The second kappa shape index (κ2) is 13.9. The number of carbonyl (C=O) groups excluding carboxylic acids is 2. The van der Waals surface area contributed by atoms with Gasteiger partial charge < -0.3 is 15.8 Å². The van der Waals surface area contributed by atoms with E-state index >= 15 is 0 Å². The third-order valence-corrected chi connectivity index (χ3v) is 5.35. The van der Waals surface area contributed by atoms with Crippen molar-refractivity contribution in [1.82, 2.24) is 15.4 Å². The molecule has 0 saturated heterocycles. The van der Waals surface area contributed by atoms with E-state index in [0.717, 1.165) is 18.4 Å². The van der Waals surface area contributed by atoms with Gasteiger partial charge in [0.2, 0.25) is 0 Å². The molecule has 1 heterocycles. The van der Waals surface area contributed by atoms with Crippen molar-refractivity contribution in [2.24, 2.45) is 22.6 Å². The minimum atomic E-state index is -0.344. The Morgan fingerprint density at radius 1 is 1.26 bits per heavy atom. The summed E-state index contributed by atoms with van der Waals surface area (Å²) in [5, 5.41) is 8.48. The molecule has 0 atom stereocenters. The molecule has 1 fully saturated rings. The van der Waals surface area contributed by atoms with Crippen LogP contribution in [0.1, 0.15) is 59.4 Å². The highest BCUT2D eigenvalue weighted by Crippen LogP contribution is 2.23. The van der Waals surface area contributed by atoms with Gasteiger partial charge in [0.25, 0.3) is 12.4 Å². The molecular weight excluding hydrogens is 439 g/mol. The largest absolute Gasteiger partial charge is 0.471 e. The number of benzene rings is 1. The second-order valence-electron chi connectivity index (χ2n) is 8.13. The van der Waals surface area contributed by atoms with Crippen LogP contribution in [-0.4, -0.2) is 42.0 Å². The predicted molar refractivity (Wildman–Crippen MR) is 128 cm³/mol. The van der Waals surface area contributed by atoms with Crippen LogP contribution in [0.25, 0.3) is 0 Å². The van der Waals surface area contributed by atoms with Crippen molar-refractivity contribution in [3.8, 4) is 0 Å². The zero-order valence-electron chi connectivity index (χ0n) is 19.7. The molecule has 0 radical (unpaired) electrons. The molecule has 0 spiro atoms. The predicted octanol–water partition coefficient (Wildman–Crippen LogP) is 2.62. The molecule has 184 valence electrons. The van der Waals surface area contributed by atoms with Crippen molar-refractivity contribution >= 4 is 18.2 Å². The lowest BCUT2D eigenvalue weighted by Gasteiger charge is -2.25. The van der Waals surface area contributed by atoms with Crippen LogP contribution in [0, 0.1) is 18.7 Å². The Morgan fingerprint density at radius 2 is 1.91 bits per heavy atom. The topological polar surface area (TPSA) is 136 Å². The number of nitrogens with one attached hydrogen (secondary N) is 1. The first kappa shape index (κ1) is 26.7. The quantitative estimate of drug-likeness (QED) is 0.177. The maximum Gasteiger partial charge on any atom is 0.292 e. The van der Waals surface area contributed by atoms with Crippen LogP contribution in [0.3, 0.4) is 0 Å². The zero-order chi connectivity index (χ0) is 24.9. The number of hydrogen-bond acceptors (Lipinski definition) is 7. The zero-order valence-corrected chi connectivity index (χ0v) is 19.7. The van der Waals surface area contributed by atoms with Crippen LogP contribution in [-0.2, 0) is 16.1 Å². The number of pyridine rings is 1. The van der Waals surface area contributed by atoms with E-state index in [1.165, 1.54) is 43.6 Å². The summed E-state index contributed by atoms with van der Waals surface area (Å²) in [4.78, 5) is 25.8. The number of rotatable bonds is 8. The van der Waals surface area contributed by atoms with Gasteiger partial charge in [0.15, 0.2) is 5.84 Å². The molecule has 0 unspecified atom stereocenters. The van der Waals surface area contributed by atoms with Crippen LogP contribution < -0.4 is 16.9 Å². The maximum absolute atomic E-state index is 13.0. The number of carbonyl (C=O) groups is 2. The van der Waals surface area contributed by atoms with E-state index in [1.807, 2.05) is 0 Å². The van der Waals surface area contributed by atoms with Crippen LogP contribution in [0.4, 0.5) is 4.39 Å². The average Bonchev–Trinajstić information content (AvgIpc) is 2.83. The van der Waals surface area contributed by atoms with Gasteiger partial charge in [-0.15, -0.1) is 5.10 Å². The van der Waals surface area contributed by atoms with Crippen molar-refractivity contribution in [3.05, 3.63) is 64.7 Å². The lowest BCUT2D eigenvalue weighted by atomic mass is 9.89. The number of aryl methyl sites for hydroxylation is 1. The summed E-state index contributed by atoms with van der Waals surface area (Å²) in [6.45, 7) is 3.09. The first-order chi connectivity index (χ1) is 16.3. The Balaban J connectivity index is 0.000000945. The molecule has 1 aliphatic rings. The molecule has 5 N–H and O–H groups in total. The third kappa shape index (κ3) is 9.14. The summed E-state index contributed by atoms with van der Waals surface area (Å²) in [6, 6.07) is 9.32. The molecule has 2 aromatic rings. The number of amidine groups is 1. The number of hydrazone groups is 1. The van der Waals surface area contributed by atoms with E-state index in [0.29, 0.717) is 30.2 Å². The maximum atomic E-state index is 13.0. The van der Waals surface area contributed by atoms with Gasteiger partial charge >= 0.3 is 0 Å². The van der Waals surface area contributed by atoms with Crippen molar-refractivity contribution in [3.63, 3.8) is 0 Å². The van der Waals surface area contributed by atoms with Gasteiger partial charge in [-0.05, 0) is 55.5 Å². The van der Waals surface area contributed by atoms with E-state index in [2.05, 4.69) is 20.1 Å². The number of hydrogen-bond donors (Lipinski definition) is 3. The van der Waals surface area contributed by atoms with E-state index in [1.54, 1.807) is 31.2 Å². The van der Waals surface area contributed by atoms with Crippen LogP contribution >= 0.6 is 0 Å². The Bertz CT molecular complexity index is 962. The minimum absolute atomic E-state index is 0.237. The SMILES string of the molecule is COC=O.Cc1cc(/C(N)=N/N(N)CC2CCCCC2)cc(C(=O)NCc2ccc(F)cc2)n1. The number of nitrogens with two attached hydrogens (primary N) is 2. The first-order valence-electron chi connectivity index (χ1n) is 11.2. The molecule has 10 heteroatoms. The molecule has 0 aliphatic heterocycles. The number of aromatic nitrogens is 1. The van der Waals surface area contributed by atoms with E-state index in [4.69, 9.17) is 16.4 Å². The van der Waals surface area contributed by atoms with E-state index < -0.39 is 0 Å². The highest BCUT2D eigenvalue weighted by atomic mass is 19.1. The smallest absolute Gasteiger partial charge is 0.292 e. The van der Waals surface area contributed by atoms with Crippen LogP contribution in [0.2, 0.25) is 0 Å². The molecular formula is C24H33FN6O3. The Labute approximate surface area is 199 Å². The van der Waals surface area contributed by atoms with Gasteiger partial charge in [0.1, 0.15) is 11.5 Å². The molecule has 1 aromatic carbocycles. The van der Waals surface area contributed by atoms with Gasteiger partial charge in [0, 0.05) is 17.8 Å². The summed E-state index contributed by atoms with van der Waals surface area (Å²) < 4.78 is 16.9. The number of amides is 1. The normalized spacial score (nSPS) is 13.9. The molecule has 0 bridgehead atoms. The molecule has 1 aromatic heterocycles. The van der Waals surface area contributed by atoms with Crippen LogP contribution in [0.5, 0.6) is 0 Å². The fourth-order valence-corrected chi connectivity index (χ4v) is 3.68. The van der Waals surface area contributed by atoms with Gasteiger partial charge in [-0.1, -0.05) is 31.4 Å². The van der Waals surface area contributed by atoms with Crippen molar-refractivity contribution in [1.29, 1.82) is 0 Å². The molecule has 9 nitrogen and oxygen atoms in total. The van der Waals surface area contributed by atoms with E-state index in [9.17, 15) is 9.18 Å². The van der Waals surface area contributed by atoms with Crippen molar-refractivity contribution < 1.29 is 18.7 Å². The Kier molecular flexibility index (Phi) is 10.9. The number of nitrogens with zero attached hydrogens (tertiary/aromatic N) is 3. The minimum Gasteiger partial charge on any atom is -0.471 e. The number of hydrazine groups is 1. The Hall–Kier alpha value is -3.53. The van der Waals surface area contributed by atoms with Gasteiger partial charge in [-0.2, -0.15) is 0 Å². The van der Waals surface area contributed by atoms with Gasteiger partial charge in [-0.25, -0.2) is 20.3 Å². The summed E-state index contributed by atoms with van der Waals surface area (Å²) >= 11 is 0. The molecule has 1 saturated carbocycles. The summed E-state index contributed by atoms with van der Waals surface area (Å²) in [5.41, 5.74) is 8.42. The molecule has 1 amide bonds. The lowest BCUT2D eigenvalue weighted by molar-refractivity contribution is -0.126. The number of ether oxygens (including phenoxy) is 1. The summed E-state index contributed by atoms with van der Waals surface area (Å²) in [7, 11) is 1.31. The summed E-state index contributed by atoms with van der Waals surface area (Å²) in [6.07, 6.45) is 6.08. The second-order valence-corrected chi connectivity index (χ2v) is 8.13. The van der Waals surface area contributed by atoms with Gasteiger partial charge in [-0.3, -0.25) is 9.59 Å². The van der Waals surface area contributed by atoms with E-state index in [-0.39, 0.29) is 29.8 Å². The third-order valence-electron chi connectivity index (χ3n) is 5.35. The fraction of sp³-hybridized carbons (Fsp3) is 0.417. The molecule has 3 rings (SSSR count). The molecule has 34 heavy (non-hydrogen) atoms.